The normalized spacial score (nSPS) is 19.8. The number of nitrogens with zero attached hydrogens (tertiary/aromatic N) is 2. The molecule has 17 heavy (non-hydrogen) atoms. The quantitative estimate of drug-likeness (QED) is 0.797. The molecule has 0 N–H and O–H groups in total. The van der Waals surface area contributed by atoms with Crippen LogP contribution in [0.2, 0.25) is 0 Å². The molecule has 0 bridgehead atoms. The molecule has 0 aliphatic carbocycles. The predicted octanol–water partition coefficient (Wildman–Crippen LogP) is 1.83. The first-order valence-electron chi connectivity index (χ1n) is 5.55. The number of amides is 1. The van der Waals surface area contributed by atoms with Crippen molar-refractivity contribution in [1.29, 1.82) is 0 Å². The lowest BCUT2D eigenvalue weighted by atomic mass is 10.2. The van der Waals surface area contributed by atoms with Crippen molar-refractivity contribution < 1.29 is 9.53 Å². The van der Waals surface area contributed by atoms with Gasteiger partial charge in [0.2, 0.25) is 11.8 Å². The van der Waals surface area contributed by atoms with E-state index in [4.69, 9.17) is 4.74 Å². The third-order valence-corrected chi connectivity index (χ3v) is 3.81. The van der Waals surface area contributed by atoms with Crippen molar-refractivity contribution in [2.75, 3.05) is 19.0 Å². The zero-order valence-corrected chi connectivity index (χ0v) is 11.3. The molecule has 0 aromatic carbocycles. The Balaban J connectivity index is 2.03. The number of rotatable bonds is 4. The molecule has 1 atom stereocenters. The average Bonchev–Trinajstić information content (AvgIpc) is 2.70. The summed E-state index contributed by atoms with van der Waals surface area (Å²) in [6, 6.07) is 3.78. The van der Waals surface area contributed by atoms with Gasteiger partial charge in [-0.2, -0.15) is 0 Å². The molecule has 4 nitrogen and oxygen atoms in total. The van der Waals surface area contributed by atoms with Gasteiger partial charge in [-0.15, -0.1) is 0 Å². The lowest BCUT2D eigenvalue weighted by Crippen LogP contribution is -2.24. The van der Waals surface area contributed by atoms with E-state index >= 15 is 0 Å². The molecule has 5 heteroatoms. The number of carbonyl (C=O) groups excluding carboxylic acids is 1. The molecule has 0 saturated carbocycles. The van der Waals surface area contributed by atoms with Crippen LogP contribution < -0.4 is 4.74 Å². The highest BCUT2D eigenvalue weighted by Gasteiger charge is 2.28. The average molecular weight is 299 g/mol. The first kappa shape index (κ1) is 12.4. The topological polar surface area (TPSA) is 42.4 Å². The number of hydrogen-bond acceptors (Lipinski definition) is 3. The van der Waals surface area contributed by atoms with Crippen LogP contribution in [0.15, 0.2) is 18.3 Å². The molecule has 1 amide bonds. The highest BCUT2D eigenvalue weighted by Crippen LogP contribution is 2.22. The van der Waals surface area contributed by atoms with Crippen LogP contribution in [-0.4, -0.2) is 34.8 Å². The maximum atomic E-state index is 11.8. The lowest BCUT2D eigenvalue weighted by molar-refractivity contribution is -0.128. The number of ether oxygens (including phenoxy) is 1. The van der Waals surface area contributed by atoms with Gasteiger partial charge < -0.3 is 9.64 Å². The van der Waals surface area contributed by atoms with Gasteiger partial charge in [-0.05, 0) is 17.5 Å². The first-order valence-corrected chi connectivity index (χ1v) is 6.67. The molecule has 0 spiro atoms. The molecular formula is C12H15BrN2O2. The van der Waals surface area contributed by atoms with Gasteiger partial charge in [-0.25, -0.2) is 4.98 Å². The van der Waals surface area contributed by atoms with Crippen LogP contribution >= 0.6 is 15.9 Å². The second-order valence-electron chi connectivity index (χ2n) is 4.21. The number of alkyl halides is 1. The number of hydrogen-bond donors (Lipinski definition) is 0. The van der Waals surface area contributed by atoms with E-state index in [0.717, 1.165) is 17.4 Å². The van der Waals surface area contributed by atoms with E-state index in [0.29, 0.717) is 24.8 Å². The number of halogens is 1. The Labute approximate surface area is 109 Å². The third-order valence-electron chi connectivity index (χ3n) is 2.89. The van der Waals surface area contributed by atoms with Gasteiger partial charge >= 0.3 is 0 Å². The Morgan fingerprint density at radius 3 is 3.12 bits per heavy atom. The standard InChI is InChI=1S/C12H15BrN2O2/c1-17-11-4-9(2-3-14-11)7-15-8-10(6-13)5-12(15)16/h2-4,10H,5-8H2,1H3. The van der Waals surface area contributed by atoms with Crippen LogP contribution in [0.4, 0.5) is 0 Å². The van der Waals surface area contributed by atoms with Crippen molar-refractivity contribution in [3.8, 4) is 5.88 Å². The van der Waals surface area contributed by atoms with Gasteiger partial charge in [0.15, 0.2) is 0 Å². The van der Waals surface area contributed by atoms with Crippen molar-refractivity contribution in [1.82, 2.24) is 9.88 Å². The highest BCUT2D eigenvalue weighted by molar-refractivity contribution is 9.09. The molecule has 0 radical (unpaired) electrons. The van der Waals surface area contributed by atoms with Crippen LogP contribution in [0.5, 0.6) is 5.88 Å². The number of methoxy groups -OCH3 is 1. The van der Waals surface area contributed by atoms with Gasteiger partial charge in [-0.3, -0.25) is 4.79 Å². The van der Waals surface area contributed by atoms with Crippen LogP contribution in [0.1, 0.15) is 12.0 Å². The summed E-state index contributed by atoms with van der Waals surface area (Å²) in [5, 5.41) is 0.884. The summed E-state index contributed by atoms with van der Waals surface area (Å²) in [5.41, 5.74) is 1.06. The minimum Gasteiger partial charge on any atom is -0.481 e. The van der Waals surface area contributed by atoms with Gasteiger partial charge in [-0.1, -0.05) is 15.9 Å². The Morgan fingerprint density at radius 1 is 1.65 bits per heavy atom. The summed E-state index contributed by atoms with van der Waals surface area (Å²) in [5.74, 6) is 1.25. The SMILES string of the molecule is COc1cc(CN2CC(CBr)CC2=O)ccn1. The van der Waals surface area contributed by atoms with Gasteiger partial charge in [0.05, 0.1) is 7.11 Å². The summed E-state index contributed by atoms with van der Waals surface area (Å²) in [6.07, 6.45) is 2.35. The number of carbonyl (C=O) groups is 1. The van der Waals surface area contributed by atoms with E-state index in [1.165, 1.54) is 0 Å². The molecule has 1 aliphatic heterocycles. The lowest BCUT2D eigenvalue weighted by Gasteiger charge is -2.16. The minimum atomic E-state index is 0.227. The summed E-state index contributed by atoms with van der Waals surface area (Å²) >= 11 is 3.43. The van der Waals surface area contributed by atoms with Crippen molar-refractivity contribution in [2.45, 2.75) is 13.0 Å². The number of pyridine rings is 1. The molecule has 1 aliphatic rings. The van der Waals surface area contributed by atoms with Gasteiger partial charge in [0.25, 0.3) is 0 Å². The fourth-order valence-corrected chi connectivity index (χ4v) is 2.42. The Morgan fingerprint density at radius 2 is 2.47 bits per heavy atom. The summed E-state index contributed by atoms with van der Waals surface area (Å²) in [7, 11) is 1.59. The van der Waals surface area contributed by atoms with Crippen molar-refractivity contribution >= 4 is 21.8 Å². The zero-order chi connectivity index (χ0) is 12.3. The largest absolute Gasteiger partial charge is 0.481 e. The Kier molecular flexibility index (Phi) is 3.99. The zero-order valence-electron chi connectivity index (χ0n) is 9.73. The first-order chi connectivity index (χ1) is 8.22. The maximum absolute atomic E-state index is 11.8. The summed E-state index contributed by atoms with van der Waals surface area (Å²) in [6.45, 7) is 1.47. The summed E-state index contributed by atoms with van der Waals surface area (Å²) in [4.78, 5) is 17.7. The second kappa shape index (κ2) is 5.49. The van der Waals surface area contributed by atoms with Crippen molar-refractivity contribution in [3.63, 3.8) is 0 Å². The smallest absolute Gasteiger partial charge is 0.223 e. The monoisotopic (exact) mass is 298 g/mol. The molecule has 1 aromatic heterocycles. The van der Waals surface area contributed by atoms with E-state index in [1.807, 2.05) is 17.0 Å². The summed E-state index contributed by atoms with van der Waals surface area (Å²) < 4.78 is 5.07. The molecule has 1 unspecified atom stereocenters. The fourth-order valence-electron chi connectivity index (χ4n) is 1.99. The number of likely N-dealkylation sites (tertiary alicyclic amines) is 1. The molecule has 1 aromatic rings. The molecule has 1 fully saturated rings. The Hall–Kier alpha value is -1.10. The van der Waals surface area contributed by atoms with E-state index in [9.17, 15) is 4.79 Å². The fraction of sp³-hybridized carbons (Fsp3) is 0.500. The second-order valence-corrected chi connectivity index (χ2v) is 4.85. The molecule has 92 valence electrons. The van der Waals surface area contributed by atoms with Gasteiger partial charge in [0.1, 0.15) is 0 Å². The molecule has 2 heterocycles. The van der Waals surface area contributed by atoms with Crippen LogP contribution in [0.3, 0.4) is 0 Å². The number of aromatic nitrogens is 1. The molecule has 1 saturated heterocycles. The van der Waals surface area contributed by atoms with E-state index in [-0.39, 0.29) is 5.91 Å². The highest BCUT2D eigenvalue weighted by atomic mass is 79.9. The van der Waals surface area contributed by atoms with Crippen LogP contribution in [0.25, 0.3) is 0 Å². The third kappa shape index (κ3) is 2.97. The van der Waals surface area contributed by atoms with Crippen LogP contribution in [-0.2, 0) is 11.3 Å². The predicted molar refractivity (Wildman–Crippen MR) is 68.1 cm³/mol. The van der Waals surface area contributed by atoms with Crippen molar-refractivity contribution in [3.05, 3.63) is 23.9 Å². The van der Waals surface area contributed by atoms with Crippen LogP contribution in [0, 0.1) is 5.92 Å². The molecule has 2 rings (SSSR count). The molecular weight excluding hydrogens is 284 g/mol. The van der Waals surface area contributed by atoms with E-state index in [1.54, 1.807) is 13.3 Å². The maximum Gasteiger partial charge on any atom is 0.223 e. The van der Waals surface area contributed by atoms with E-state index < -0.39 is 0 Å². The van der Waals surface area contributed by atoms with Crippen molar-refractivity contribution in [2.24, 2.45) is 5.92 Å². The Bertz CT molecular complexity index is 411. The van der Waals surface area contributed by atoms with E-state index in [2.05, 4.69) is 20.9 Å². The van der Waals surface area contributed by atoms with Gasteiger partial charge in [0, 0.05) is 37.1 Å². The minimum absolute atomic E-state index is 0.227.